The standard InChI is InChI=1S/C14H10Cl2F3N/c1-20-14(7-2-3-9(15)10(16)4-7)8-5-11(17)13(19)12(18)6-8/h2-6,14,20H,1H3. The second-order valence-corrected chi connectivity index (χ2v) is 5.01. The minimum absolute atomic E-state index is 0.252. The maximum Gasteiger partial charge on any atom is 0.194 e. The van der Waals surface area contributed by atoms with Crippen molar-refractivity contribution in [1.29, 1.82) is 0 Å². The molecular formula is C14H10Cl2F3N. The maximum atomic E-state index is 13.3. The molecule has 6 heteroatoms. The largest absolute Gasteiger partial charge is 0.309 e. The first-order valence-electron chi connectivity index (χ1n) is 5.70. The van der Waals surface area contributed by atoms with Gasteiger partial charge in [-0.2, -0.15) is 0 Å². The summed E-state index contributed by atoms with van der Waals surface area (Å²) in [6.07, 6.45) is 0. The van der Waals surface area contributed by atoms with E-state index in [1.165, 1.54) is 0 Å². The molecule has 2 aromatic carbocycles. The van der Waals surface area contributed by atoms with E-state index in [0.717, 1.165) is 12.1 Å². The molecule has 0 radical (unpaired) electrons. The summed E-state index contributed by atoms with van der Waals surface area (Å²) in [6.45, 7) is 0. The summed E-state index contributed by atoms with van der Waals surface area (Å²) in [5.41, 5.74) is 0.912. The highest BCUT2D eigenvalue weighted by Gasteiger charge is 2.18. The molecule has 1 atom stereocenters. The van der Waals surface area contributed by atoms with Crippen molar-refractivity contribution in [3.8, 4) is 0 Å². The second kappa shape index (κ2) is 6.04. The molecule has 2 aromatic rings. The molecule has 1 N–H and O–H groups in total. The number of benzene rings is 2. The van der Waals surface area contributed by atoms with Crippen LogP contribution in [0.4, 0.5) is 13.2 Å². The molecule has 0 heterocycles. The minimum Gasteiger partial charge on any atom is -0.309 e. The third-order valence-corrected chi connectivity index (χ3v) is 3.64. The van der Waals surface area contributed by atoms with Gasteiger partial charge in [0.2, 0.25) is 0 Å². The van der Waals surface area contributed by atoms with Crippen LogP contribution in [0.3, 0.4) is 0 Å². The lowest BCUT2D eigenvalue weighted by Crippen LogP contribution is -2.18. The molecule has 0 amide bonds. The third kappa shape index (κ3) is 2.92. The molecule has 0 aromatic heterocycles. The third-order valence-electron chi connectivity index (χ3n) is 2.91. The van der Waals surface area contributed by atoms with Gasteiger partial charge in [-0.05, 0) is 42.4 Å². The quantitative estimate of drug-likeness (QED) is 0.807. The Labute approximate surface area is 124 Å². The predicted molar refractivity (Wildman–Crippen MR) is 73.7 cm³/mol. The molecule has 106 valence electrons. The first-order chi connectivity index (χ1) is 9.43. The summed E-state index contributed by atoms with van der Waals surface area (Å²) in [5.74, 6) is -3.96. The van der Waals surface area contributed by atoms with Crippen molar-refractivity contribution in [2.75, 3.05) is 7.05 Å². The number of nitrogens with one attached hydrogen (secondary N) is 1. The lowest BCUT2D eigenvalue weighted by molar-refractivity contribution is 0.443. The number of hydrogen-bond donors (Lipinski definition) is 1. The van der Waals surface area contributed by atoms with Gasteiger partial charge in [-0.1, -0.05) is 29.3 Å². The Morgan fingerprint density at radius 1 is 0.900 bits per heavy atom. The van der Waals surface area contributed by atoms with Crippen LogP contribution in [0.15, 0.2) is 30.3 Å². The molecule has 20 heavy (non-hydrogen) atoms. The van der Waals surface area contributed by atoms with Crippen molar-refractivity contribution >= 4 is 23.2 Å². The predicted octanol–water partition coefficient (Wildman–Crippen LogP) is 4.72. The molecule has 0 spiro atoms. The Bertz CT molecular complexity index is 623. The zero-order chi connectivity index (χ0) is 14.9. The van der Waals surface area contributed by atoms with Crippen molar-refractivity contribution in [3.05, 3.63) is 69.0 Å². The lowest BCUT2D eigenvalue weighted by atomic mass is 9.98. The van der Waals surface area contributed by atoms with Gasteiger partial charge < -0.3 is 5.32 Å². The monoisotopic (exact) mass is 319 g/mol. The molecular weight excluding hydrogens is 310 g/mol. The average Bonchev–Trinajstić information content (AvgIpc) is 2.41. The van der Waals surface area contributed by atoms with Gasteiger partial charge in [0.05, 0.1) is 16.1 Å². The maximum absolute atomic E-state index is 13.3. The summed E-state index contributed by atoms with van der Waals surface area (Å²) >= 11 is 11.7. The van der Waals surface area contributed by atoms with Crippen molar-refractivity contribution in [2.24, 2.45) is 0 Å². The first kappa shape index (κ1) is 15.2. The van der Waals surface area contributed by atoms with Gasteiger partial charge in [-0.15, -0.1) is 0 Å². The topological polar surface area (TPSA) is 12.0 Å². The van der Waals surface area contributed by atoms with Crippen LogP contribution in [0.2, 0.25) is 10.0 Å². The van der Waals surface area contributed by atoms with Gasteiger partial charge in [0.1, 0.15) is 0 Å². The fourth-order valence-corrected chi connectivity index (χ4v) is 2.27. The van der Waals surface area contributed by atoms with E-state index in [1.807, 2.05) is 0 Å². The molecule has 0 aliphatic rings. The van der Waals surface area contributed by atoms with E-state index in [1.54, 1.807) is 25.2 Å². The number of rotatable bonds is 3. The molecule has 0 fully saturated rings. The number of halogens is 5. The van der Waals surface area contributed by atoms with Crippen LogP contribution in [-0.4, -0.2) is 7.05 Å². The Balaban J connectivity index is 2.49. The molecule has 0 aliphatic heterocycles. The first-order valence-corrected chi connectivity index (χ1v) is 6.46. The van der Waals surface area contributed by atoms with E-state index < -0.39 is 23.5 Å². The smallest absolute Gasteiger partial charge is 0.194 e. The second-order valence-electron chi connectivity index (χ2n) is 4.19. The zero-order valence-electron chi connectivity index (χ0n) is 10.4. The Morgan fingerprint density at radius 2 is 1.50 bits per heavy atom. The van der Waals surface area contributed by atoms with Gasteiger partial charge in [-0.25, -0.2) is 13.2 Å². The Kier molecular flexibility index (Phi) is 4.58. The highest BCUT2D eigenvalue weighted by molar-refractivity contribution is 6.42. The summed E-state index contributed by atoms with van der Waals surface area (Å²) in [5, 5.41) is 3.60. The zero-order valence-corrected chi connectivity index (χ0v) is 11.9. The molecule has 0 saturated carbocycles. The SMILES string of the molecule is CNC(c1cc(F)c(F)c(F)c1)c1ccc(Cl)c(Cl)c1. The molecule has 2 rings (SSSR count). The average molecular weight is 320 g/mol. The van der Waals surface area contributed by atoms with Gasteiger partial charge in [0, 0.05) is 0 Å². The van der Waals surface area contributed by atoms with E-state index >= 15 is 0 Å². The van der Waals surface area contributed by atoms with Crippen molar-refractivity contribution < 1.29 is 13.2 Å². The molecule has 1 unspecified atom stereocenters. The fraction of sp³-hybridized carbons (Fsp3) is 0.143. The fourth-order valence-electron chi connectivity index (χ4n) is 1.96. The van der Waals surface area contributed by atoms with Gasteiger partial charge >= 0.3 is 0 Å². The minimum atomic E-state index is -1.49. The van der Waals surface area contributed by atoms with E-state index in [0.29, 0.717) is 15.6 Å². The van der Waals surface area contributed by atoms with E-state index in [2.05, 4.69) is 5.32 Å². The Hall–Kier alpha value is -1.23. The molecule has 1 nitrogen and oxygen atoms in total. The lowest BCUT2D eigenvalue weighted by Gasteiger charge is -2.18. The molecule has 0 bridgehead atoms. The van der Waals surface area contributed by atoms with Crippen LogP contribution in [0.5, 0.6) is 0 Å². The van der Waals surface area contributed by atoms with Gasteiger partial charge in [0.15, 0.2) is 17.5 Å². The van der Waals surface area contributed by atoms with Crippen LogP contribution in [-0.2, 0) is 0 Å². The van der Waals surface area contributed by atoms with Crippen LogP contribution in [0.25, 0.3) is 0 Å². The summed E-state index contributed by atoms with van der Waals surface area (Å²) in [6, 6.07) is 6.21. The summed E-state index contributed by atoms with van der Waals surface area (Å²) < 4.78 is 39.6. The normalized spacial score (nSPS) is 12.5. The van der Waals surface area contributed by atoms with Crippen LogP contribution < -0.4 is 5.32 Å². The summed E-state index contributed by atoms with van der Waals surface area (Å²) in [4.78, 5) is 0. The van der Waals surface area contributed by atoms with Crippen molar-refractivity contribution in [2.45, 2.75) is 6.04 Å². The highest BCUT2D eigenvalue weighted by atomic mass is 35.5. The highest BCUT2D eigenvalue weighted by Crippen LogP contribution is 2.29. The van der Waals surface area contributed by atoms with Gasteiger partial charge in [-0.3, -0.25) is 0 Å². The van der Waals surface area contributed by atoms with E-state index in [9.17, 15) is 13.2 Å². The Morgan fingerprint density at radius 3 is 2.00 bits per heavy atom. The van der Waals surface area contributed by atoms with Crippen LogP contribution in [0, 0.1) is 17.5 Å². The van der Waals surface area contributed by atoms with Crippen LogP contribution in [0.1, 0.15) is 17.2 Å². The van der Waals surface area contributed by atoms with E-state index in [-0.39, 0.29) is 5.56 Å². The summed E-state index contributed by atoms with van der Waals surface area (Å²) in [7, 11) is 1.62. The van der Waals surface area contributed by atoms with E-state index in [4.69, 9.17) is 23.2 Å². The van der Waals surface area contributed by atoms with Gasteiger partial charge in [0.25, 0.3) is 0 Å². The van der Waals surface area contributed by atoms with Crippen molar-refractivity contribution in [1.82, 2.24) is 5.32 Å². The van der Waals surface area contributed by atoms with Crippen LogP contribution >= 0.6 is 23.2 Å². The van der Waals surface area contributed by atoms with Crippen molar-refractivity contribution in [3.63, 3.8) is 0 Å². The molecule has 0 aliphatic carbocycles. The number of hydrogen-bond acceptors (Lipinski definition) is 1. The molecule has 0 saturated heterocycles.